The lowest BCUT2D eigenvalue weighted by atomic mass is 9.90. The first kappa shape index (κ1) is 20.1. The second-order valence-electron chi connectivity index (χ2n) is 8.54. The second-order valence-corrected chi connectivity index (χ2v) is 8.54. The maximum Gasteiger partial charge on any atom is 0.256 e. The standard InChI is InChI=1S/C23H24BFN4O2/c1-13-19(12-16-15-10-14(25)11-17(24)21(15)27-22(16)30)26-18-4-7-29(23(31)20(13)18)9-8-28-5-2-3-6-28/h10-12,26H,2-9H2,1H3,(H,27,30)/b16-12-. The Balaban J connectivity index is 1.43. The molecule has 0 bridgehead atoms. The molecule has 2 N–H and O–H groups in total. The van der Waals surface area contributed by atoms with Crippen LogP contribution in [0.3, 0.4) is 0 Å². The van der Waals surface area contributed by atoms with Gasteiger partial charge >= 0.3 is 0 Å². The molecule has 1 aromatic heterocycles. The highest BCUT2D eigenvalue weighted by molar-refractivity contribution is 6.43. The molecule has 0 unspecified atom stereocenters. The van der Waals surface area contributed by atoms with Crippen LogP contribution in [0, 0.1) is 12.7 Å². The van der Waals surface area contributed by atoms with Crippen LogP contribution in [-0.4, -0.2) is 67.2 Å². The number of benzene rings is 1. The summed E-state index contributed by atoms with van der Waals surface area (Å²) in [5, 5.41) is 2.71. The molecule has 5 rings (SSSR count). The molecule has 31 heavy (non-hydrogen) atoms. The van der Waals surface area contributed by atoms with Crippen molar-refractivity contribution in [1.29, 1.82) is 0 Å². The molecule has 2 amide bonds. The Bertz CT molecular complexity index is 1120. The lowest BCUT2D eigenvalue weighted by Gasteiger charge is -2.29. The molecule has 3 aliphatic heterocycles. The van der Waals surface area contributed by atoms with Crippen LogP contribution in [0.15, 0.2) is 12.1 Å². The number of nitrogens with zero attached hydrogens (tertiary/aromatic N) is 2. The van der Waals surface area contributed by atoms with Gasteiger partial charge in [-0.15, -0.1) is 0 Å². The third-order valence-electron chi connectivity index (χ3n) is 6.58. The number of nitrogens with one attached hydrogen (secondary N) is 2. The van der Waals surface area contributed by atoms with Gasteiger partial charge in [-0.1, -0.05) is 5.46 Å². The van der Waals surface area contributed by atoms with E-state index in [-0.39, 0.29) is 17.3 Å². The fourth-order valence-electron chi connectivity index (χ4n) is 4.86. The van der Waals surface area contributed by atoms with E-state index in [1.54, 1.807) is 6.08 Å². The van der Waals surface area contributed by atoms with Gasteiger partial charge in [0, 0.05) is 48.7 Å². The average Bonchev–Trinajstić information content (AvgIpc) is 3.43. The van der Waals surface area contributed by atoms with Gasteiger partial charge in [-0.3, -0.25) is 9.59 Å². The van der Waals surface area contributed by atoms with Gasteiger partial charge < -0.3 is 20.1 Å². The Morgan fingerprint density at radius 3 is 2.71 bits per heavy atom. The van der Waals surface area contributed by atoms with Gasteiger partial charge in [-0.25, -0.2) is 4.39 Å². The zero-order chi connectivity index (χ0) is 21.7. The molecule has 0 saturated carbocycles. The second kappa shape index (κ2) is 7.68. The Morgan fingerprint density at radius 2 is 1.94 bits per heavy atom. The summed E-state index contributed by atoms with van der Waals surface area (Å²) in [4.78, 5) is 33.3. The number of carbonyl (C=O) groups is 2. The fraction of sp³-hybridized carbons (Fsp3) is 0.391. The molecule has 1 saturated heterocycles. The Labute approximate surface area is 181 Å². The van der Waals surface area contributed by atoms with Crippen molar-refractivity contribution in [3.8, 4) is 0 Å². The van der Waals surface area contributed by atoms with Crippen molar-refractivity contribution in [2.75, 3.05) is 38.0 Å². The van der Waals surface area contributed by atoms with Gasteiger partial charge in [0.2, 0.25) is 0 Å². The summed E-state index contributed by atoms with van der Waals surface area (Å²) < 4.78 is 13.9. The smallest absolute Gasteiger partial charge is 0.256 e. The van der Waals surface area contributed by atoms with Gasteiger partial charge in [-0.05, 0) is 56.6 Å². The summed E-state index contributed by atoms with van der Waals surface area (Å²) in [7, 11) is 5.86. The van der Waals surface area contributed by atoms with Gasteiger partial charge in [-0.2, -0.15) is 0 Å². The predicted octanol–water partition coefficient (Wildman–Crippen LogP) is 1.84. The van der Waals surface area contributed by atoms with Crippen LogP contribution >= 0.6 is 0 Å². The van der Waals surface area contributed by atoms with Crippen LogP contribution < -0.4 is 10.8 Å². The van der Waals surface area contributed by atoms with E-state index < -0.39 is 5.82 Å². The van der Waals surface area contributed by atoms with Crippen LogP contribution in [0.5, 0.6) is 0 Å². The van der Waals surface area contributed by atoms with Crippen molar-refractivity contribution in [3.05, 3.63) is 46.0 Å². The molecular formula is C23H24BFN4O2. The third kappa shape index (κ3) is 3.49. The predicted molar refractivity (Wildman–Crippen MR) is 119 cm³/mol. The van der Waals surface area contributed by atoms with Crippen LogP contribution in [0.2, 0.25) is 0 Å². The topological polar surface area (TPSA) is 68.4 Å². The zero-order valence-corrected chi connectivity index (χ0v) is 17.6. The molecule has 8 heteroatoms. The summed E-state index contributed by atoms with van der Waals surface area (Å²) in [5.74, 6) is -0.798. The largest absolute Gasteiger partial charge is 0.358 e. The normalized spacial score (nSPS) is 19.8. The van der Waals surface area contributed by atoms with E-state index in [4.69, 9.17) is 7.85 Å². The number of carbonyl (C=O) groups excluding carboxylic acids is 2. The Morgan fingerprint density at radius 1 is 1.16 bits per heavy atom. The lowest BCUT2D eigenvalue weighted by molar-refractivity contribution is -0.110. The SMILES string of the molecule is [B]c1cc(F)cc2c1NC(=O)/C2=C\c1[nH]c2c(c1C)C(=O)N(CCN1CCCC1)CC2. The van der Waals surface area contributed by atoms with Crippen molar-refractivity contribution in [2.24, 2.45) is 0 Å². The first-order chi connectivity index (χ1) is 14.9. The molecule has 1 aromatic carbocycles. The number of aromatic nitrogens is 1. The minimum absolute atomic E-state index is 0.0328. The summed E-state index contributed by atoms with van der Waals surface area (Å²) in [6, 6.07) is 2.49. The number of fused-ring (bicyclic) bond motifs is 2. The van der Waals surface area contributed by atoms with E-state index in [0.717, 1.165) is 43.9 Å². The van der Waals surface area contributed by atoms with E-state index >= 15 is 0 Å². The molecule has 158 valence electrons. The number of amides is 2. The van der Waals surface area contributed by atoms with E-state index in [2.05, 4.69) is 15.2 Å². The first-order valence-corrected chi connectivity index (χ1v) is 10.8. The number of rotatable bonds is 4. The number of H-pyrrole nitrogens is 1. The number of anilines is 1. The highest BCUT2D eigenvalue weighted by Gasteiger charge is 2.31. The van der Waals surface area contributed by atoms with Crippen molar-refractivity contribution in [3.63, 3.8) is 0 Å². The van der Waals surface area contributed by atoms with Gasteiger partial charge in [0.25, 0.3) is 11.8 Å². The van der Waals surface area contributed by atoms with Crippen LogP contribution in [0.25, 0.3) is 11.6 Å². The fourth-order valence-corrected chi connectivity index (χ4v) is 4.86. The molecule has 3 aliphatic rings. The van der Waals surface area contributed by atoms with E-state index in [1.807, 2.05) is 11.8 Å². The molecule has 6 nitrogen and oxygen atoms in total. The molecule has 2 radical (unpaired) electrons. The van der Waals surface area contributed by atoms with Gasteiger partial charge in [0.05, 0.1) is 11.1 Å². The summed E-state index contributed by atoms with van der Waals surface area (Å²) in [5.41, 5.74) is 4.48. The minimum Gasteiger partial charge on any atom is -0.358 e. The van der Waals surface area contributed by atoms with E-state index in [9.17, 15) is 14.0 Å². The maximum atomic E-state index is 13.9. The number of halogens is 1. The lowest BCUT2D eigenvalue weighted by Crippen LogP contribution is -2.42. The van der Waals surface area contributed by atoms with E-state index in [0.29, 0.717) is 34.6 Å². The number of hydrogen-bond acceptors (Lipinski definition) is 3. The van der Waals surface area contributed by atoms with Crippen LogP contribution in [0.1, 0.15) is 45.7 Å². The highest BCUT2D eigenvalue weighted by Crippen LogP contribution is 2.34. The quantitative estimate of drug-likeness (QED) is 0.588. The van der Waals surface area contributed by atoms with Gasteiger partial charge in [0.1, 0.15) is 13.7 Å². The molecule has 1 fully saturated rings. The van der Waals surface area contributed by atoms with Crippen molar-refractivity contribution in [1.82, 2.24) is 14.8 Å². The minimum atomic E-state index is -0.495. The maximum absolute atomic E-state index is 13.9. The van der Waals surface area contributed by atoms with Crippen LogP contribution in [0.4, 0.5) is 10.1 Å². The Kier molecular flexibility index (Phi) is 4.97. The monoisotopic (exact) mass is 418 g/mol. The number of likely N-dealkylation sites (tertiary alicyclic amines) is 1. The number of hydrogen-bond donors (Lipinski definition) is 2. The molecule has 2 aromatic rings. The summed E-state index contributed by atoms with van der Waals surface area (Å²) in [6.45, 7) is 6.43. The Hall–Kier alpha value is -2.87. The zero-order valence-electron chi connectivity index (χ0n) is 17.6. The highest BCUT2D eigenvalue weighted by atomic mass is 19.1. The molecule has 0 aliphatic carbocycles. The first-order valence-electron chi connectivity index (χ1n) is 10.8. The third-order valence-corrected chi connectivity index (χ3v) is 6.58. The molecule has 0 spiro atoms. The van der Waals surface area contributed by atoms with Crippen molar-refractivity contribution in [2.45, 2.75) is 26.2 Å². The van der Waals surface area contributed by atoms with Crippen molar-refractivity contribution >= 4 is 42.5 Å². The van der Waals surface area contributed by atoms with E-state index in [1.165, 1.54) is 25.0 Å². The summed E-state index contributed by atoms with van der Waals surface area (Å²) >= 11 is 0. The van der Waals surface area contributed by atoms with Crippen LogP contribution in [-0.2, 0) is 11.2 Å². The molecule has 0 atom stereocenters. The number of aromatic amines is 1. The van der Waals surface area contributed by atoms with Crippen molar-refractivity contribution < 1.29 is 14.0 Å². The van der Waals surface area contributed by atoms with Gasteiger partial charge in [0.15, 0.2) is 0 Å². The average molecular weight is 418 g/mol. The molecule has 4 heterocycles. The summed E-state index contributed by atoms with van der Waals surface area (Å²) in [6.07, 6.45) is 4.91. The molecular weight excluding hydrogens is 394 g/mol.